The Kier molecular flexibility index (Phi) is 5.22. The molecule has 1 saturated carbocycles. The maximum absolute atomic E-state index is 11.7. The second-order valence-corrected chi connectivity index (χ2v) is 4.85. The zero-order chi connectivity index (χ0) is 12.0. The number of amides is 1. The Morgan fingerprint density at radius 2 is 2.12 bits per heavy atom. The second kappa shape index (κ2) is 6.21. The van der Waals surface area contributed by atoms with Crippen LogP contribution in [0.15, 0.2) is 0 Å². The monoisotopic (exact) mass is 228 g/mol. The first kappa shape index (κ1) is 13.5. The van der Waals surface area contributed by atoms with Crippen molar-refractivity contribution in [1.82, 2.24) is 5.32 Å². The van der Waals surface area contributed by atoms with Crippen molar-refractivity contribution in [3.8, 4) is 0 Å². The van der Waals surface area contributed by atoms with Gasteiger partial charge in [-0.05, 0) is 32.1 Å². The van der Waals surface area contributed by atoms with Crippen LogP contribution in [0.1, 0.15) is 45.4 Å². The largest absolute Gasteiger partial charge is 0.389 e. The Balaban J connectivity index is 2.27. The molecule has 0 radical (unpaired) electrons. The number of hydrogen-bond donors (Lipinski definition) is 3. The topological polar surface area (TPSA) is 75.3 Å². The summed E-state index contributed by atoms with van der Waals surface area (Å²) in [5.74, 6) is 0.219. The number of aliphatic hydroxyl groups is 1. The highest BCUT2D eigenvalue weighted by Crippen LogP contribution is 2.31. The molecule has 0 bridgehead atoms. The zero-order valence-corrected chi connectivity index (χ0v) is 10.2. The fourth-order valence-electron chi connectivity index (χ4n) is 2.15. The van der Waals surface area contributed by atoms with Gasteiger partial charge in [0.05, 0.1) is 5.60 Å². The minimum absolute atomic E-state index is 0.0729. The van der Waals surface area contributed by atoms with E-state index in [9.17, 15) is 9.90 Å². The van der Waals surface area contributed by atoms with E-state index in [1.807, 2.05) is 0 Å². The lowest BCUT2D eigenvalue weighted by Crippen LogP contribution is -2.44. The van der Waals surface area contributed by atoms with Crippen molar-refractivity contribution < 1.29 is 9.90 Å². The van der Waals surface area contributed by atoms with Gasteiger partial charge in [0.1, 0.15) is 0 Å². The van der Waals surface area contributed by atoms with Crippen LogP contribution in [-0.4, -0.2) is 29.7 Å². The number of carbonyl (C=O) groups excluding carboxylic acids is 1. The fourth-order valence-corrected chi connectivity index (χ4v) is 2.15. The summed E-state index contributed by atoms with van der Waals surface area (Å²) in [4.78, 5) is 11.7. The first-order valence-electron chi connectivity index (χ1n) is 6.31. The maximum atomic E-state index is 11.7. The van der Waals surface area contributed by atoms with Gasteiger partial charge in [-0.25, -0.2) is 0 Å². The molecule has 0 aromatic carbocycles. The van der Waals surface area contributed by atoms with Crippen LogP contribution in [0, 0.1) is 5.92 Å². The van der Waals surface area contributed by atoms with Crippen molar-refractivity contribution in [2.45, 2.75) is 51.0 Å². The Labute approximate surface area is 97.6 Å². The molecule has 1 rings (SSSR count). The van der Waals surface area contributed by atoms with Crippen LogP contribution in [-0.2, 0) is 4.79 Å². The Bertz CT molecular complexity index is 223. The van der Waals surface area contributed by atoms with E-state index in [4.69, 9.17) is 5.73 Å². The first-order chi connectivity index (χ1) is 7.61. The molecule has 0 unspecified atom stereocenters. The van der Waals surface area contributed by atoms with Gasteiger partial charge in [-0.15, -0.1) is 0 Å². The van der Waals surface area contributed by atoms with Crippen molar-refractivity contribution in [2.75, 3.05) is 13.1 Å². The predicted octanol–water partition coefficient (Wildman–Crippen LogP) is 0.783. The third-order valence-corrected chi connectivity index (χ3v) is 3.50. The molecule has 0 spiro atoms. The van der Waals surface area contributed by atoms with E-state index in [0.717, 1.165) is 32.2 Å². The van der Waals surface area contributed by atoms with E-state index in [-0.39, 0.29) is 11.8 Å². The standard InChI is InChI=1S/C12H24N2O2/c1-2-3-8-14-11(15)10-4-6-12(16,9-13)7-5-10/h10,16H,2-9,13H2,1H3,(H,14,15). The lowest BCUT2D eigenvalue weighted by molar-refractivity contribution is -0.127. The lowest BCUT2D eigenvalue weighted by Gasteiger charge is -2.34. The third kappa shape index (κ3) is 3.76. The molecule has 0 aromatic heterocycles. The third-order valence-electron chi connectivity index (χ3n) is 3.50. The highest BCUT2D eigenvalue weighted by molar-refractivity contribution is 5.78. The minimum atomic E-state index is -0.722. The summed E-state index contributed by atoms with van der Waals surface area (Å²) in [5.41, 5.74) is 4.78. The molecular weight excluding hydrogens is 204 g/mol. The van der Waals surface area contributed by atoms with E-state index in [0.29, 0.717) is 19.4 Å². The number of nitrogens with two attached hydrogens (primary N) is 1. The van der Waals surface area contributed by atoms with Crippen LogP contribution < -0.4 is 11.1 Å². The quantitative estimate of drug-likeness (QED) is 0.609. The number of carbonyl (C=O) groups is 1. The highest BCUT2D eigenvalue weighted by Gasteiger charge is 2.34. The Hall–Kier alpha value is -0.610. The van der Waals surface area contributed by atoms with Gasteiger partial charge < -0.3 is 16.2 Å². The van der Waals surface area contributed by atoms with Gasteiger partial charge in [0.2, 0.25) is 5.91 Å². The number of nitrogens with one attached hydrogen (secondary N) is 1. The van der Waals surface area contributed by atoms with Gasteiger partial charge in [-0.1, -0.05) is 13.3 Å². The van der Waals surface area contributed by atoms with Gasteiger partial charge in [0.15, 0.2) is 0 Å². The molecule has 0 saturated heterocycles. The van der Waals surface area contributed by atoms with Gasteiger partial charge in [-0.3, -0.25) is 4.79 Å². The molecule has 1 aliphatic carbocycles. The summed E-state index contributed by atoms with van der Waals surface area (Å²) in [5, 5.41) is 12.9. The molecule has 0 aromatic rings. The van der Waals surface area contributed by atoms with E-state index in [1.54, 1.807) is 0 Å². The van der Waals surface area contributed by atoms with Crippen molar-refractivity contribution >= 4 is 5.91 Å². The molecule has 0 aliphatic heterocycles. The Morgan fingerprint density at radius 1 is 1.50 bits per heavy atom. The van der Waals surface area contributed by atoms with Gasteiger partial charge in [0, 0.05) is 19.0 Å². The van der Waals surface area contributed by atoms with Crippen molar-refractivity contribution in [1.29, 1.82) is 0 Å². The molecule has 4 nitrogen and oxygen atoms in total. The molecule has 0 atom stereocenters. The second-order valence-electron chi connectivity index (χ2n) is 4.85. The van der Waals surface area contributed by atoms with Crippen LogP contribution >= 0.6 is 0 Å². The lowest BCUT2D eigenvalue weighted by atomic mass is 9.78. The average molecular weight is 228 g/mol. The molecule has 94 valence electrons. The summed E-state index contributed by atoms with van der Waals surface area (Å²) >= 11 is 0. The number of hydrogen-bond acceptors (Lipinski definition) is 3. The molecule has 0 heterocycles. The van der Waals surface area contributed by atoms with E-state index < -0.39 is 5.60 Å². The molecule has 1 fully saturated rings. The first-order valence-corrected chi connectivity index (χ1v) is 6.31. The highest BCUT2D eigenvalue weighted by atomic mass is 16.3. The number of unbranched alkanes of at least 4 members (excludes halogenated alkanes) is 1. The van der Waals surface area contributed by atoms with E-state index in [2.05, 4.69) is 12.2 Å². The number of rotatable bonds is 5. The summed E-state index contributed by atoms with van der Waals surface area (Å²) in [6.45, 7) is 3.18. The van der Waals surface area contributed by atoms with Gasteiger partial charge in [0.25, 0.3) is 0 Å². The van der Waals surface area contributed by atoms with Crippen LogP contribution in [0.5, 0.6) is 0 Å². The summed E-state index contributed by atoms with van der Waals surface area (Å²) in [6.07, 6.45) is 4.94. The van der Waals surface area contributed by atoms with Crippen molar-refractivity contribution in [3.63, 3.8) is 0 Å². The van der Waals surface area contributed by atoms with E-state index in [1.165, 1.54) is 0 Å². The summed E-state index contributed by atoms with van der Waals surface area (Å²) < 4.78 is 0. The minimum Gasteiger partial charge on any atom is -0.389 e. The van der Waals surface area contributed by atoms with Crippen molar-refractivity contribution in [2.24, 2.45) is 11.7 Å². The average Bonchev–Trinajstić information content (AvgIpc) is 2.30. The maximum Gasteiger partial charge on any atom is 0.223 e. The molecule has 1 amide bonds. The Morgan fingerprint density at radius 3 is 2.62 bits per heavy atom. The molecule has 4 N–H and O–H groups in total. The molecular formula is C12H24N2O2. The van der Waals surface area contributed by atoms with Crippen LogP contribution in [0.4, 0.5) is 0 Å². The van der Waals surface area contributed by atoms with E-state index >= 15 is 0 Å². The molecule has 1 aliphatic rings. The molecule has 4 heteroatoms. The van der Waals surface area contributed by atoms with Crippen LogP contribution in [0.2, 0.25) is 0 Å². The molecule has 16 heavy (non-hydrogen) atoms. The SMILES string of the molecule is CCCCNC(=O)C1CCC(O)(CN)CC1. The van der Waals surface area contributed by atoms with Crippen LogP contribution in [0.25, 0.3) is 0 Å². The van der Waals surface area contributed by atoms with Gasteiger partial charge >= 0.3 is 0 Å². The normalized spacial score (nSPS) is 30.1. The smallest absolute Gasteiger partial charge is 0.223 e. The van der Waals surface area contributed by atoms with Crippen molar-refractivity contribution in [3.05, 3.63) is 0 Å². The fraction of sp³-hybridized carbons (Fsp3) is 0.917. The summed E-state index contributed by atoms with van der Waals surface area (Å²) in [7, 11) is 0. The summed E-state index contributed by atoms with van der Waals surface area (Å²) in [6, 6.07) is 0. The predicted molar refractivity (Wildman–Crippen MR) is 63.9 cm³/mol. The van der Waals surface area contributed by atoms with Crippen LogP contribution in [0.3, 0.4) is 0 Å². The zero-order valence-electron chi connectivity index (χ0n) is 10.2. The van der Waals surface area contributed by atoms with Gasteiger partial charge in [-0.2, -0.15) is 0 Å².